The molecule has 0 bridgehead atoms. The van der Waals surface area contributed by atoms with Gasteiger partial charge in [0.05, 0.1) is 11.6 Å². The lowest BCUT2D eigenvalue weighted by molar-refractivity contribution is 0.387. The molecule has 0 fully saturated rings. The summed E-state index contributed by atoms with van der Waals surface area (Å²) in [5.74, 6) is 0.653. The summed E-state index contributed by atoms with van der Waals surface area (Å²) in [5, 5.41) is 4.54. The normalized spacial score (nSPS) is 10.4. The highest BCUT2D eigenvalue weighted by Gasteiger charge is 2.07. The molecule has 72 valence electrons. The summed E-state index contributed by atoms with van der Waals surface area (Å²) in [4.78, 5) is 0. The number of nitrogens with two attached hydrogens (primary N) is 1. The molecular weight excluding hydrogens is 200 g/mol. The first-order chi connectivity index (χ1) is 6.81. The van der Waals surface area contributed by atoms with Crippen LogP contribution in [0.2, 0.25) is 5.02 Å². The lowest BCUT2D eigenvalue weighted by Gasteiger charge is -1.96. The second-order valence-corrected chi connectivity index (χ2v) is 3.27. The van der Waals surface area contributed by atoms with Crippen molar-refractivity contribution >= 4 is 11.6 Å². The summed E-state index contributed by atoms with van der Waals surface area (Å²) in [6, 6.07) is 9.27. The molecule has 0 atom stereocenters. The van der Waals surface area contributed by atoms with Crippen molar-refractivity contribution in [1.82, 2.24) is 5.16 Å². The Hall–Kier alpha value is -1.32. The molecule has 0 spiro atoms. The summed E-state index contributed by atoms with van der Waals surface area (Å²) < 4.78 is 4.99. The summed E-state index contributed by atoms with van der Waals surface area (Å²) in [5.41, 5.74) is 6.99. The predicted octanol–water partition coefficient (Wildman–Crippen LogP) is 2.45. The Morgan fingerprint density at radius 3 is 2.79 bits per heavy atom. The molecule has 0 aliphatic heterocycles. The van der Waals surface area contributed by atoms with Crippen LogP contribution in [0.5, 0.6) is 0 Å². The van der Waals surface area contributed by atoms with Gasteiger partial charge in [0.15, 0.2) is 5.76 Å². The number of hydrogen-bond acceptors (Lipinski definition) is 3. The Labute approximate surface area is 86.5 Å². The summed E-state index contributed by atoms with van der Waals surface area (Å²) in [6.45, 7) is 0.345. The van der Waals surface area contributed by atoms with Crippen LogP contribution in [-0.4, -0.2) is 5.16 Å². The van der Waals surface area contributed by atoms with E-state index in [0.717, 1.165) is 11.3 Å². The summed E-state index contributed by atoms with van der Waals surface area (Å²) in [7, 11) is 0. The van der Waals surface area contributed by atoms with E-state index < -0.39 is 0 Å². The highest BCUT2D eigenvalue weighted by molar-refractivity contribution is 6.33. The second kappa shape index (κ2) is 3.82. The van der Waals surface area contributed by atoms with E-state index in [-0.39, 0.29) is 0 Å². The SMILES string of the molecule is NCc1cc(-c2ccccc2Cl)no1. The van der Waals surface area contributed by atoms with Crippen LogP contribution in [0.25, 0.3) is 11.3 Å². The molecule has 4 heteroatoms. The van der Waals surface area contributed by atoms with Crippen molar-refractivity contribution in [1.29, 1.82) is 0 Å². The van der Waals surface area contributed by atoms with E-state index in [2.05, 4.69) is 5.16 Å². The number of rotatable bonds is 2. The molecule has 0 amide bonds. The molecule has 0 saturated carbocycles. The molecule has 0 unspecified atom stereocenters. The van der Waals surface area contributed by atoms with Crippen molar-refractivity contribution in [3.63, 3.8) is 0 Å². The van der Waals surface area contributed by atoms with Crippen molar-refractivity contribution in [3.05, 3.63) is 41.1 Å². The minimum absolute atomic E-state index is 0.345. The second-order valence-electron chi connectivity index (χ2n) is 2.86. The Balaban J connectivity index is 2.44. The lowest BCUT2D eigenvalue weighted by Crippen LogP contribution is -1.92. The topological polar surface area (TPSA) is 52.0 Å². The van der Waals surface area contributed by atoms with Gasteiger partial charge < -0.3 is 10.3 Å². The fraction of sp³-hybridized carbons (Fsp3) is 0.100. The average Bonchev–Trinajstić information content (AvgIpc) is 2.67. The Kier molecular flexibility index (Phi) is 2.52. The standard InChI is InChI=1S/C10H9ClN2O/c11-9-4-2-1-3-8(9)10-5-7(6-12)14-13-10/h1-5H,6,12H2. The lowest BCUT2D eigenvalue weighted by atomic mass is 10.1. The van der Waals surface area contributed by atoms with Gasteiger partial charge in [0, 0.05) is 11.6 Å². The Morgan fingerprint density at radius 1 is 1.36 bits per heavy atom. The molecule has 2 rings (SSSR count). The van der Waals surface area contributed by atoms with Crippen LogP contribution < -0.4 is 5.73 Å². The fourth-order valence-corrected chi connectivity index (χ4v) is 1.44. The van der Waals surface area contributed by atoms with Crippen LogP contribution in [0.1, 0.15) is 5.76 Å². The monoisotopic (exact) mass is 208 g/mol. The van der Waals surface area contributed by atoms with Gasteiger partial charge in [-0.05, 0) is 6.07 Å². The molecule has 3 nitrogen and oxygen atoms in total. The van der Waals surface area contributed by atoms with E-state index in [1.165, 1.54) is 0 Å². The molecule has 1 heterocycles. The molecule has 14 heavy (non-hydrogen) atoms. The van der Waals surface area contributed by atoms with E-state index >= 15 is 0 Å². The third kappa shape index (κ3) is 1.64. The van der Waals surface area contributed by atoms with Gasteiger partial charge in [0.1, 0.15) is 5.69 Å². The minimum atomic E-state index is 0.345. The maximum absolute atomic E-state index is 6.00. The van der Waals surface area contributed by atoms with E-state index in [1.54, 1.807) is 6.07 Å². The van der Waals surface area contributed by atoms with Crippen LogP contribution in [0.4, 0.5) is 0 Å². The van der Waals surface area contributed by atoms with Gasteiger partial charge >= 0.3 is 0 Å². The average molecular weight is 209 g/mol. The van der Waals surface area contributed by atoms with Gasteiger partial charge in [-0.25, -0.2) is 0 Å². The van der Waals surface area contributed by atoms with Crippen molar-refractivity contribution in [2.45, 2.75) is 6.54 Å². The summed E-state index contributed by atoms with van der Waals surface area (Å²) in [6.07, 6.45) is 0. The molecule has 0 radical (unpaired) electrons. The zero-order valence-corrected chi connectivity index (χ0v) is 8.16. The van der Waals surface area contributed by atoms with Crippen molar-refractivity contribution in [2.24, 2.45) is 5.73 Å². The number of benzene rings is 1. The molecule has 1 aromatic heterocycles. The maximum atomic E-state index is 6.00. The van der Waals surface area contributed by atoms with Gasteiger partial charge in [-0.15, -0.1) is 0 Å². The Bertz CT molecular complexity index is 439. The first-order valence-corrected chi connectivity index (χ1v) is 4.59. The first kappa shape index (κ1) is 9.24. The molecule has 0 aliphatic carbocycles. The maximum Gasteiger partial charge on any atom is 0.150 e. The van der Waals surface area contributed by atoms with E-state index in [9.17, 15) is 0 Å². The van der Waals surface area contributed by atoms with E-state index in [1.807, 2.05) is 24.3 Å². The number of aromatic nitrogens is 1. The quantitative estimate of drug-likeness (QED) is 0.825. The van der Waals surface area contributed by atoms with Crippen LogP contribution >= 0.6 is 11.6 Å². The van der Waals surface area contributed by atoms with Crippen LogP contribution in [0, 0.1) is 0 Å². The van der Waals surface area contributed by atoms with Gasteiger partial charge in [0.25, 0.3) is 0 Å². The molecule has 0 saturated heterocycles. The van der Waals surface area contributed by atoms with E-state index in [4.69, 9.17) is 21.9 Å². The molecule has 2 aromatic rings. The Morgan fingerprint density at radius 2 is 2.14 bits per heavy atom. The largest absolute Gasteiger partial charge is 0.359 e. The van der Waals surface area contributed by atoms with Gasteiger partial charge in [0.2, 0.25) is 0 Å². The van der Waals surface area contributed by atoms with Crippen LogP contribution in [-0.2, 0) is 6.54 Å². The minimum Gasteiger partial charge on any atom is -0.359 e. The van der Waals surface area contributed by atoms with Gasteiger partial charge in [-0.3, -0.25) is 0 Å². The third-order valence-corrected chi connectivity index (χ3v) is 2.24. The van der Waals surface area contributed by atoms with Crippen LogP contribution in [0.15, 0.2) is 34.9 Å². The number of nitrogens with zero attached hydrogens (tertiary/aromatic N) is 1. The highest BCUT2D eigenvalue weighted by Crippen LogP contribution is 2.26. The molecule has 2 N–H and O–H groups in total. The summed E-state index contributed by atoms with van der Waals surface area (Å²) >= 11 is 6.00. The number of hydrogen-bond donors (Lipinski definition) is 1. The molecule has 0 aliphatic rings. The van der Waals surface area contributed by atoms with Crippen molar-refractivity contribution in [2.75, 3.05) is 0 Å². The fourth-order valence-electron chi connectivity index (χ4n) is 1.21. The zero-order valence-electron chi connectivity index (χ0n) is 7.40. The zero-order chi connectivity index (χ0) is 9.97. The predicted molar refractivity (Wildman–Crippen MR) is 54.8 cm³/mol. The number of halogens is 1. The molecule has 1 aromatic carbocycles. The van der Waals surface area contributed by atoms with E-state index in [0.29, 0.717) is 17.3 Å². The molecular formula is C10H9ClN2O. The van der Waals surface area contributed by atoms with Gasteiger partial charge in [-0.1, -0.05) is 35.0 Å². The third-order valence-electron chi connectivity index (χ3n) is 1.91. The smallest absolute Gasteiger partial charge is 0.150 e. The highest BCUT2D eigenvalue weighted by atomic mass is 35.5. The van der Waals surface area contributed by atoms with Crippen molar-refractivity contribution in [3.8, 4) is 11.3 Å². The van der Waals surface area contributed by atoms with Crippen LogP contribution in [0.3, 0.4) is 0 Å². The van der Waals surface area contributed by atoms with Gasteiger partial charge in [-0.2, -0.15) is 0 Å². The first-order valence-electron chi connectivity index (χ1n) is 4.22. The van der Waals surface area contributed by atoms with Crippen molar-refractivity contribution < 1.29 is 4.52 Å².